The highest BCUT2D eigenvalue weighted by Crippen LogP contribution is 2.28. The van der Waals surface area contributed by atoms with Gasteiger partial charge < -0.3 is 5.32 Å². The summed E-state index contributed by atoms with van der Waals surface area (Å²) >= 11 is 0. The minimum Gasteiger partial charge on any atom is -0.314 e. The summed E-state index contributed by atoms with van der Waals surface area (Å²) in [5.41, 5.74) is 4.34. The van der Waals surface area contributed by atoms with Gasteiger partial charge in [-0.15, -0.1) is 0 Å². The van der Waals surface area contributed by atoms with E-state index in [2.05, 4.69) is 56.5 Å². The number of nitrogens with zero attached hydrogens (tertiary/aromatic N) is 3. The van der Waals surface area contributed by atoms with E-state index in [9.17, 15) is 0 Å². The second kappa shape index (κ2) is 7.43. The summed E-state index contributed by atoms with van der Waals surface area (Å²) in [5, 5.41) is 3.45. The van der Waals surface area contributed by atoms with Crippen molar-refractivity contribution in [3.8, 4) is 0 Å². The molecule has 3 heterocycles. The molecule has 4 rings (SSSR count). The quantitative estimate of drug-likeness (QED) is 0.934. The Morgan fingerprint density at radius 2 is 1.83 bits per heavy atom. The number of rotatable bonds is 4. The van der Waals surface area contributed by atoms with Crippen molar-refractivity contribution in [2.75, 3.05) is 39.3 Å². The molecule has 4 nitrogen and oxygen atoms in total. The number of fused-ring (bicyclic) bond motifs is 1. The van der Waals surface area contributed by atoms with Crippen molar-refractivity contribution in [2.45, 2.75) is 19.0 Å². The zero-order valence-corrected chi connectivity index (χ0v) is 14.2. The maximum absolute atomic E-state index is 4.38. The van der Waals surface area contributed by atoms with Crippen LogP contribution in [0.3, 0.4) is 0 Å². The van der Waals surface area contributed by atoms with E-state index in [-0.39, 0.29) is 0 Å². The molecule has 1 saturated heterocycles. The van der Waals surface area contributed by atoms with Crippen molar-refractivity contribution in [1.82, 2.24) is 20.1 Å². The molecule has 0 amide bonds. The minimum atomic E-state index is 0.421. The molecule has 2 aliphatic heterocycles. The summed E-state index contributed by atoms with van der Waals surface area (Å²) < 4.78 is 0. The first-order valence-electron chi connectivity index (χ1n) is 9.04. The van der Waals surface area contributed by atoms with Crippen LogP contribution in [0.25, 0.3) is 0 Å². The summed E-state index contributed by atoms with van der Waals surface area (Å²) in [6.07, 6.45) is 5.07. The van der Waals surface area contributed by atoms with Crippen LogP contribution in [0.15, 0.2) is 48.8 Å². The summed E-state index contributed by atoms with van der Waals surface area (Å²) in [6.45, 7) is 7.74. The lowest BCUT2D eigenvalue weighted by Crippen LogP contribution is -2.48. The standard InChI is InChI=1S/C20H26N4/c1-2-5-19-15-24(11-7-17(19)4-1)20(18-6-3-8-22-14-18)16-23-12-9-21-10-13-23/h1-6,8,14,20-21H,7,9-13,15-16H2. The van der Waals surface area contributed by atoms with Gasteiger partial charge in [-0.2, -0.15) is 0 Å². The number of piperazine rings is 1. The molecule has 0 aliphatic carbocycles. The average Bonchev–Trinajstić information content (AvgIpc) is 2.67. The number of hydrogen-bond acceptors (Lipinski definition) is 4. The van der Waals surface area contributed by atoms with E-state index in [0.29, 0.717) is 6.04 Å². The smallest absolute Gasteiger partial charge is 0.0494 e. The van der Waals surface area contributed by atoms with E-state index in [1.165, 1.54) is 16.7 Å². The molecule has 2 aromatic rings. The van der Waals surface area contributed by atoms with Gasteiger partial charge in [-0.1, -0.05) is 30.3 Å². The van der Waals surface area contributed by atoms with Crippen LogP contribution in [0.4, 0.5) is 0 Å². The molecule has 2 aliphatic rings. The fraction of sp³-hybridized carbons (Fsp3) is 0.450. The third-order valence-corrected chi connectivity index (χ3v) is 5.31. The molecular weight excluding hydrogens is 296 g/mol. The zero-order valence-electron chi connectivity index (χ0n) is 14.2. The topological polar surface area (TPSA) is 31.4 Å². The number of benzene rings is 1. The molecule has 1 atom stereocenters. The molecule has 0 saturated carbocycles. The first-order valence-corrected chi connectivity index (χ1v) is 9.04. The van der Waals surface area contributed by atoms with Gasteiger partial charge in [-0.05, 0) is 29.2 Å². The Kier molecular flexibility index (Phi) is 4.88. The van der Waals surface area contributed by atoms with Gasteiger partial charge in [0.25, 0.3) is 0 Å². The maximum atomic E-state index is 4.38. The van der Waals surface area contributed by atoms with Gasteiger partial charge in [0.05, 0.1) is 0 Å². The first kappa shape index (κ1) is 15.8. The van der Waals surface area contributed by atoms with E-state index in [1.807, 2.05) is 12.4 Å². The van der Waals surface area contributed by atoms with E-state index in [4.69, 9.17) is 0 Å². The lowest BCUT2D eigenvalue weighted by atomic mass is 9.96. The molecule has 1 aromatic heterocycles. The van der Waals surface area contributed by atoms with Crippen molar-refractivity contribution in [3.05, 3.63) is 65.5 Å². The summed E-state index contributed by atoms with van der Waals surface area (Å²) in [5.74, 6) is 0. The molecule has 0 radical (unpaired) electrons. The highest BCUT2D eigenvalue weighted by molar-refractivity contribution is 5.30. The Balaban J connectivity index is 1.56. The van der Waals surface area contributed by atoms with Gasteiger partial charge in [0.2, 0.25) is 0 Å². The second-order valence-electron chi connectivity index (χ2n) is 6.84. The number of pyridine rings is 1. The summed E-state index contributed by atoms with van der Waals surface area (Å²) in [6, 6.07) is 13.6. The fourth-order valence-corrected chi connectivity index (χ4v) is 3.93. The predicted molar refractivity (Wildman–Crippen MR) is 96.8 cm³/mol. The van der Waals surface area contributed by atoms with Gasteiger partial charge in [0.15, 0.2) is 0 Å². The van der Waals surface area contributed by atoms with Gasteiger partial charge in [0.1, 0.15) is 0 Å². The van der Waals surface area contributed by atoms with Crippen LogP contribution in [-0.2, 0) is 13.0 Å². The third kappa shape index (κ3) is 3.51. The van der Waals surface area contributed by atoms with Crippen molar-refractivity contribution >= 4 is 0 Å². The van der Waals surface area contributed by atoms with Gasteiger partial charge >= 0.3 is 0 Å². The molecule has 1 unspecified atom stereocenters. The Labute approximate surface area is 144 Å². The minimum absolute atomic E-state index is 0.421. The van der Waals surface area contributed by atoms with E-state index in [1.54, 1.807) is 0 Å². The SMILES string of the molecule is c1cncc(C(CN2CCNCC2)N2CCc3ccccc3C2)c1. The number of aromatic nitrogens is 1. The van der Waals surface area contributed by atoms with Gasteiger partial charge in [0, 0.05) is 64.2 Å². The molecule has 126 valence electrons. The molecule has 24 heavy (non-hydrogen) atoms. The molecule has 1 N–H and O–H groups in total. The van der Waals surface area contributed by atoms with Crippen LogP contribution >= 0.6 is 0 Å². The molecule has 0 bridgehead atoms. The largest absolute Gasteiger partial charge is 0.314 e. The highest BCUT2D eigenvalue weighted by atomic mass is 15.2. The zero-order chi connectivity index (χ0) is 16.2. The molecule has 0 spiro atoms. The van der Waals surface area contributed by atoms with Crippen molar-refractivity contribution < 1.29 is 0 Å². The summed E-state index contributed by atoms with van der Waals surface area (Å²) in [4.78, 5) is 9.61. The van der Waals surface area contributed by atoms with E-state index >= 15 is 0 Å². The van der Waals surface area contributed by atoms with Crippen LogP contribution in [-0.4, -0.2) is 54.1 Å². The average molecular weight is 322 g/mol. The third-order valence-electron chi connectivity index (χ3n) is 5.31. The van der Waals surface area contributed by atoms with Crippen LogP contribution < -0.4 is 5.32 Å². The van der Waals surface area contributed by atoms with E-state index < -0.39 is 0 Å². The number of hydrogen-bond donors (Lipinski definition) is 1. The number of nitrogens with one attached hydrogen (secondary N) is 1. The first-order chi connectivity index (χ1) is 11.9. The Hall–Kier alpha value is -1.75. The van der Waals surface area contributed by atoms with Crippen molar-refractivity contribution in [3.63, 3.8) is 0 Å². The second-order valence-corrected chi connectivity index (χ2v) is 6.84. The van der Waals surface area contributed by atoms with Crippen molar-refractivity contribution in [2.24, 2.45) is 0 Å². The van der Waals surface area contributed by atoms with Crippen molar-refractivity contribution in [1.29, 1.82) is 0 Å². The molecule has 1 fully saturated rings. The van der Waals surface area contributed by atoms with Gasteiger partial charge in [-0.3, -0.25) is 14.8 Å². The monoisotopic (exact) mass is 322 g/mol. The Morgan fingerprint density at radius 1 is 1.00 bits per heavy atom. The lowest BCUT2D eigenvalue weighted by molar-refractivity contribution is 0.118. The van der Waals surface area contributed by atoms with Crippen LogP contribution in [0.5, 0.6) is 0 Å². The Morgan fingerprint density at radius 3 is 2.62 bits per heavy atom. The predicted octanol–water partition coefficient (Wildman–Crippen LogP) is 2.09. The molecule has 4 heteroatoms. The maximum Gasteiger partial charge on any atom is 0.0494 e. The van der Waals surface area contributed by atoms with Crippen LogP contribution in [0.2, 0.25) is 0 Å². The van der Waals surface area contributed by atoms with Crippen LogP contribution in [0, 0.1) is 0 Å². The Bertz CT molecular complexity index is 652. The van der Waals surface area contributed by atoms with Gasteiger partial charge in [-0.25, -0.2) is 0 Å². The van der Waals surface area contributed by atoms with E-state index in [0.717, 1.165) is 52.2 Å². The molecule has 1 aromatic carbocycles. The molecular formula is C20H26N4. The lowest BCUT2D eigenvalue weighted by Gasteiger charge is -2.39. The fourth-order valence-electron chi connectivity index (χ4n) is 3.93. The normalized spacial score (nSPS) is 20.5. The highest BCUT2D eigenvalue weighted by Gasteiger charge is 2.27. The summed E-state index contributed by atoms with van der Waals surface area (Å²) in [7, 11) is 0. The van der Waals surface area contributed by atoms with Crippen LogP contribution in [0.1, 0.15) is 22.7 Å².